The third-order valence-electron chi connectivity index (χ3n) is 7.08. The minimum absolute atomic E-state index is 0.0359. The Kier molecular flexibility index (Phi) is 8.97. The van der Waals surface area contributed by atoms with Gasteiger partial charge in [0.2, 0.25) is 0 Å². The van der Waals surface area contributed by atoms with Gasteiger partial charge in [0.15, 0.2) is 23.1 Å². The number of carbonyl (C=O) groups excluding carboxylic acids is 1. The van der Waals surface area contributed by atoms with Crippen LogP contribution in [0, 0.1) is 5.41 Å². The second-order valence-corrected chi connectivity index (χ2v) is 11.9. The molecule has 0 aliphatic carbocycles. The van der Waals surface area contributed by atoms with Crippen LogP contribution in [0.5, 0.6) is 11.5 Å². The second kappa shape index (κ2) is 12.7. The van der Waals surface area contributed by atoms with Crippen molar-refractivity contribution in [2.24, 2.45) is 5.41 Å². The SMILES string of the molecule is CCOC(=O)Cc1nnnn1CC[C@H]1O[C@H](c2cccc(OC)c2OC)c2cc(Cl)ccc2-n2c(CC(C)(C)C)nnc21. The van der Waals surface area contributed by atoms with Crippen LogP contribution in [0.15, 0.2) is 36.4 Å². The number of benzene rings is 2. The summed E-state index contributed by atoms with van der Waals surface area (Å²) >= 11 is 6.59. The normalized spacial score (nSPS) is 16.3. The van der Waals surface area contributed by atoms with E-state index in [1.165, 1.54) is 0 Å². The highest BCUT2D eigenvalue weighted by molar-refractivity contribution is 6.30. The summed E-state index contributed by atoms with van der Waals surface area (Å²) in [6, 6.07) is 11.4. The molecule has 0 amide bonds. The molecule has 5 rings (SSSR count). The van der Waals surface area contributed by atoms with Crippen LogP contribution in [-0.4, -0.2) is 61.8 Å². The smallest absolute Gasteiger partial charge is 0.313 e. The third kappa shape index (κ3) is 6.50. The number of halogens is 1. The number of carbonyl (C=O) groups is 1. The van der Waals surface area contributed by atoms with Crippen molar-refractivity contribution in [3.63, 3.8) is 0 Å². The highest BCUT2D eigenvalue weighted by atomic mass is 35.5. The number of ether oxygens (including phenoxy) is 4. The Morgan fingerprint density at radius 1 is 1.05 bits per heavy atom. The fourth-order valence-electron chi connectivity index (χ4n) is 5.29. The van der Waals surface area contributed by atoms with E-state index in [4.69, 9.17) is 30.5 Å². The van der Waals surface area contributed by atoms with Gasteiger partial charge in [-0.1, -0.05) is 44.5 Å². The number of para-hydroxylation sites is 1. The molecular formula is C30H36ClN7O5. The molecule has 0 fully saturated rings. The van der Waals surface area contributed by atoms with Crippen molar-refractivity contribution >= 4 is 17.6 Å². The van der Waals surface area contributed by atoms with E-state index in [0.717, 1.165) is 22.6 Å². The van der Waals surface area contributed by atoms with Crippen LogP contribution < -0.4 is 9.47 Å². The minimum Gasteiger partial charge on any atom is -0.493 e. The van der Waals surface area contributed by atoms with Gasteiger partial charge in [-0.05, 0) is 47.0 Å². The topological polar surface area (TPSA) is 128 Å². The molecule has 2 aromatic heterocycles. The molecule has 0 unspecified atom stereocenters. The number of methoxy groups -OCH3 is 2. The van der Waals surface area contributed by atoms with Gasteiger partial charge in [-0.25, -0.2) is 4.68 Å². The Hall–Kier alpha value is -4.03. The first kappa shape index (κ1) is 30.4. The van der Waals surface area contributed by atoms with Gasteiger partial charge in [0.25, 0.3) is 0 Å². The van der Waals surface area contributed by atoms with Gasteiger partial charge in [-0.2, -0.15) is 0 Å². The van der Waals surface area contributed by atoms with Gasteiger partial charge >= 0.3 is 5.97 Å². The predicted molar refractivity (Wildman–Crippen MR) is 158 cm³/mol. The largest absolute Gasteiger partial charge is 0.493 e. The highest BCUT2D eigenvalue weighted by Crippen LogP contribution is 2.46. The van der Waals surface area contributed by atoms with Crippen molar-refractivity contribution in [3.05, 3.63) is 70.0 Å². The molecule has 0 saturated heterocycles. The first-order valence-electron chi connectivity index (χ1n) is 14.1. The maximum atomic E-state index is 12.2. The number of hydrogen-bond acceptors (Lipinski definition) is 10. The lowest BCUT2D eigenvalue weighted by Crippen LogP contribution is -2.18. The standard InChI is InChI=1S/C30H36ClN7O5/c1-7-42-26(39)16-24-33-35-36-37(24)14-13-23-29-34-32-25(17-30(2,3)4)38(29)21-12-11-18(31)15-20(21)27(43-23)19-9-8-10-22(40-5)28(19)41-6/h8-12,15,23,27H,7,13-14,16-17H2,1-6H3/t23-,27-/m1/s1. The number of esters is 1. The van der Waals surface area contributed by atoms with Crippen LogP contribution in [0.25, 0.3) is 5.69 Å². The van der Waals surface area contributed by atoms with Gasteiger partial charge < -0.3 is 18.9 Å². The third-order valence-corrected chi connectivity index (χ3v) is 7.31. The number of nitrogens with zero attached hydrogens (tertiary/aromatic N) is 7. The average Bonchev–Trinajstić information content (AvgIpc) is 3.55. The molecule has 0 radical (unpaired) electrons. The van der Waals surface area contributed by atoms with E-state index in [1.807, 2.05) is 36.4 Å². The minimum atomic E-state index is -0.596. The lowest BCUT2D eigenvalue weighted by Gasteiger charge is -2.25. The van der Waals surface area contributed by atoms with E-state index < -0.39 is 18.2 Å². The fraction of sp³-hybridized carbons (Fsp3) is 0.467. The maximum absolute atomic E-state index is 12.2. The lowest BCUT2D eigenvalue weighted by atomic mass is 9.91. The number of hydrogen-bond donors (Lipinski definition) is 0. The molecule has 2 atom stereocenters. The average molecular weight is 610 g/mol. The van der Waals surface area contributed by atoms with Gasteiger partial charge in [0, 0.05) is 35.5 Å². The van der Waals surface area contributed by atoms with Gasteiger partial charge in [-0.15, -0.1) is 15.3 Å². The summed E-state index contributed by atoms with van der Waals surface area (Å²) < 4.78 is 27.2. The second-order valence-electron chi connectivity index (χ2n) is 11.4. The van der Waals surface area contributed by atoms with Gasteiger partial charge in [0.05, 0.1) is 26.5 Å². The molecule has 3 heterocycles. The Bertz CT molecular complexity index is 1600. The van der Waals surface area contributed by atoms with Crippen molar-refractivity contribution in [1.82, 2.24) is 35.0 Å². The Balaban J connectivity index is 1.62. The maximum Gasteiger partial charge on any atom is 0.313 e. The van der Waals surface area contributed by atoms with Crippen molar-refractivity contribution in [1.29, 1.82) is 0 Å². The first-order chi connectivity index (χ1) is 20.6. The summed E-state index contributed by atoms with van der Waals surface area (Å²) in [5.41, 5.74) is 2.43. The molecule has 4 aromatic rings. The Morgan fingerprint density at radius 3 is 2.58 bits per heavy atom. The zero-order valence-electron chi connectivity index (χ0n) is 25.2. The van der Waals surface area contributed by atoms with Crippen molar-refractivity contribution in [3.8, 4) is 17.2 Å². The monoisotopic (exact) mass is 609 g/mol. The Morgan fingerprint density at radius 2 is 1.86 bits per heavy atom. The van der Waals surface area contributed by atoms with Crippen LogP contribution >= 0.6 is 11.6 Å². The molecule has 0 spiro atoms. The number of fused-ring (bicyclic) bond motifs is 3. The molecule has 1 aliphatic rings. The zero-order valence-corrected chi connectivity index (χ0v) is 26.0. The van der Waals surface area contributed by atoms with Crippen LogP contribution in [0.2, 0.25) is 5.02 Å². The summed E-state index contributed by atoms with van der Waals surface area (Å²) in [6.45, 7) is 8.88. The number of aromatic nitrogens is 7. The predicted octanol–water partition coefficient (Wildman–Crippen LogP) is 4.87. The fourth-order valence-corrected chi connectivity index (χ4v) is 5.47. The van der Waals surface area contributed by atoms with Crippen molar-refractivity contribution < 1.29 is 23.7 Å². The number of aryl methyl sites for hydroxylation is 1. The van der Waals surface area contributed by atoms with E-state index in [0.29, 0.717) is 47.6 Å². The molecule has 2 aromatic carbocycles. The van der Waals surface area contributed by atoms with Crippen LogP contribution in [0.1, 0.15) is 74.9 Å². The molecule has 1 aliphatic heterocycles. The van der Waals surface area contributed by atoms with E-state index >= 15 is 0 Å². The summed E-state index contributed by atoms with van der Waals surface area (Å²) in [7, 11) is 3.21. The van der Waals surface area contributed by atoms with Crippen LogP contribution in [0.3, 0.4) is 0 Å². The van der Waals surface area contributed by atoms with Crippen molar-refractivity contribution in [2.75, 3.05) is 20.8 Å². The quantitative estimate of drug-likeness (QED) is 0.230. The van der Waals surface area contributed by atoms with Crippen LogP contribution in [-0.2, 0) is 33.7 Å². The van der Waals surface area contributed by atoms with E-state index in [-0.39, 0.29) is 18.4 Å². The molecule has 12 nitrogen and oxygen atoms in total. The zero-order chi connectivity index (χ0) is 30.7. The number of tetrazole rings is 1. The Labute approximate surface area is 255 Å². The molecule has 0 bridgehead atoms. The summed E-state index contributed by atoms with van der Waals surface area (Å²) in [6.07, 6.45) is -0.0718. The summed E-state index contributed by atoms with van der Waals surface area (Å²) in [4.78, 5) is 12.2. The summed E-state index contributed by atoms with van der Waals surface area (Å²) in [5, 5.41) is 21.8. The van der Waals surface area contributed by atoms with Crippen molar-refractivity contribution in [2.45, 2.75) is 65.7 Å². The van der Waals surface area contributed by atoms with E-state index in [9.17, 15) is 4.79 Å². The van der Waals surface area contributed by atoms with E-state index in [1.54, 1.807) is 25.8 Å². The van der Waals surface area contributed by atoms with Crippen LogP contribution in [0.4, 0.5) is 0 Å². The molecular weight excluding hydrogens is 574 g/mol. The lowest BCUT2D eigenvalue weighted by molar-refractivity contribution is -0.142. The summed E-state index contributed by atoms with van der Waals surface area (Å²) in [5.74, 6) is 2.61. The van der Waals surface area contributed by atoms with Gasteiger partial charge in [-0.3, -0.25) is 9.36 Å². The first-order valence-corrected chi connectivity index (χ1v) is 14.5. The molecule has 13 heteroatoms. The van der Waals surface area contributed by atoms with E-state index in [2.05, 4.69) is 51.1 Å². The molecule has 0 N–H and O–H groups in total. The van der Waals surface area contributed by atoms with Gasteiger partial charge in [0.1, 0.15) is 24.5 Å². The number of rotatable bonds is 10. The molecule has 43 heavy (non-hydrogen) atoms. The molecule has 228 valence electrons. The highest BCUT2D eigenvalue weighted by Gasteiger charge is 2.36. The molecule has 0 saturated carbocycles.